The summed E-state index contributed by atoms with van der Waals surface area (Å²) in [7, 11) is -3.01. The molecule has 2 N–H and O–H groups in total. The quantitative estimate of drug-likeness (QED) is 0.577. The average Bonchev–Trinajstić information content (AvgIpc) is 3.15. The lowest BCUT2D eigenvalue weighted by Crippen LogP contribution is -2.32. The number of sulfone groups is 1. The number of rotatable bonds is 6. The number of aliphatic hydroxyl groups is 1. The Morgan fingerprint density at radius 1 is 1.06 bits per heavy atom. The number of hydrogen-bond acceptors (Lipinski definition) is 4. The van der Waals surface area contributed by atoms with Gasteiger partial charge in [0, 0.05) is 17.1 Å². The van der Waals surface area contributed by atoms with Gasteiger partial charge in [-0.1, -0.05) is 30.3 Å². The van der Waals surface area contributed by atoms with Gasteiger partial charge < -0.3 is 15.0 Å². The van der Waals surface area contributed by atoms with Crippen LogP contribution in [0, 0.1) is 0 Å². The summed E-state index contributed by atoms with van der Waals surface area (Å²) in [6.07, 6.45) is -4.82. The van der Waals surface area contributed by atoms with E-state index in [-0.39, 0.29) is 24.2 Å². The van der Waals surface area contributed by atoms with Gasteiger partial charge in [-0.3, -0.25) is 0 Å². The first-order valence-electron chi connectivity index (χ1n) is 10.0. The first-order valence-corrected chi connectivity index (χ1v) is 11.8. The highest BCUT2D eigenvalue weighted by Gasteiger charge is 2.28. The summed E-state index contributed by atoms with van der Waals surface area (Å²) in [5, 5.41) is 13.1. The lowest BCUT2D eigenvalue weighted by Gasteiger charge is -2.24. The van der Waals surface area contributed by atoms with E-state index in [4.69, 9.17) is 0 Å². The summed E-state index contributed by atoms with van der Waals surface area (Å²) in [5.74, 6) is 0.199. The fourth-order valence-corrected chi connectivity index (χ4v) is 5.50. The minimum atomic E-state index is -3.20. The van der Waals surface area contributed by atoms with Crippen molar-refractivity contribution in [3.63, 3.8) is 0 Å². The highest BCUT2D eigenvalue weighted by molar-refractivity contribution is 7.91. The predicted molar refractivity (Wildman–Crippen MR) is 115 cm³/mol. The monoisotopic (exact) mass is 452 g/mol. The molecule has 0 radical (unpaired) electrons. The minimum absolute atomic E-state index is 0.0685. The van der Waals surface area contributed by atoms with Crippen molar-refractivity contribution in [3.05, 3.63) is 54.1 Å². The van der Waals surface area contributed by atoms with Gasteiger partial charge in [0.15, 0.2) is 0 Å². The van der Waals surface area contributed by atoms with Crippen LogP contribution in [0.2, 0.25) is 0 Å². The van der Waals surface area contributed by atoms with Crippen LogP contribution in [0.25, 0.3) is 22.2 Å². The van der Waals surface area contributed by atoms with Gasteiger partial charge in [-0.15, -0.1) is 0 Å². The number of benzene rings is 2. The lowest BCUT2D eigenvalue weighted by atomic mass is 10.1. The van der Waals surface area contributed by atoms with Crippen LogP contribution in [-0.4, -0.2) is 42.1 Å². The van der Waals surface area contributed by atoms with Gasteiger partial charge in [0.05, 0.1) is 29.3 Å². The van der Waals surface area contributed by atoms with Crippen molar-refractivity contribution >= 4 is 26.4 Å². The summed E-state index contributed by atoms with van der Waals surface area (Å²) in [6, 6.07) is 13.3. The largest absolute Gasteiger partial charge is 0.392 e. The van der Waals surface area contributed by atoms with Crippen LogP contribution >= 0.6 is 0 Å². The molecule has 0 bridgehead atoms. The molecule has 9 heteroatoms. The van der Waals surface area contributed by atoms with E-state index in [1.165, 1.54) is 0 Å². The van der Waals surface area contributed by atoms with Crippen LogP contribution in [-0.2, 0) is 16.4 Å². The Balaban J connectivity index is 1.78. The van der Waals surface area contributed by atoms with E-state index in [1.54, 1.807) is 48.5 Å². The Labute approximate surface area is 178 Å². The Bertz CT molecular complexity index is 1160. The first-order chi connectivity index (χ1) is 14.8. The number of nitrogens with zero attached hydrogens (tertiary/aromatic N) is 1. The third-order valence-electron chi connectivity index (χ3n) is 5.68. The van der Waals surface area contributed by atoms with E-state index in [2.05, 4.69) is 5.32 Å². The fraction of sp³-hybridized carbons (Fsp3) is 0.364. The number of nitrogens with one attached hydrogen (secondary N) is 1. The molecule has 5 nitrogen and oxygen atoms in total. The van der Waals surface area contributed by atoms with Crippen molar-refractivity contribution in [1.82, 2.24) is 4.57 Å². The van der Waals surface area contributed by atoms with Gasteiger partial charge in [0.1, 0.15) is 9.84 Å². The zero-order valence-corrected chi connectivity index (χ0v) is 17.5. The maximum Gasteiger partial charge on any atom is 0.288 e. The van der Waals surface area contributed by atoms with Gasteiger partial charge in [0.2, 0.25) is 6.30 Å². The van der Waals surface area contributed by atoms with Crippen molar-refractivity contribution in [2.45, 2.75) is 38.2 Å². The van der Waals surface area contributed by atoms with Gasteiger partial charge in [-0.25, -0.2) is 21.6 Å². The predicted octanol–water partition coefficient (Wildman–Crippen LogP) is 4.52. The average molecular weight is 452 g/mol. The molecule has 2 heterocycles. The van der Waals surface area contributed by atoms with E-state index in [0.29, 0.717) is 46.3 Å². The zero-order chi connectivity index (χ0) is 22.2. The second-order valence-corrected chi connectivity index (χ2v) is 10.1. The molecule has 166 valence electrons. The topological polar surface area (TPSA) is 71.3 Å². The molecular formula is C22H23F3N2O3S. The maximum atomic E-state index is 14.7. The molecule has 3 aromatic rings. The molecular weight excluding hydrogens is 429 g/mol. The van der Waals surface area contributed by atoms with E-state index in [0.717, 1.165) is 4.57 Å². The molecule has 1 aromatic heterocycles. The molecule has 31 heavy (non-hydrogen) atoms. The van der Waals surface area contributed by atoms with Gasteiger partial charge >= 0.3 is 0 Å². The molecule has 0 aliphatic carbocycles. The number of alkyl halides is 3. The normalized spacial score (nSPS) is 17.8. The molecule has 4 rings (SSSR count). The van der Waals surface area contributed by atoms with Crippen molar-refractivity contribution in [1.29, 1.82) is 0 Å². The van der Waals surface area contributed by atoms with Gasteiger partial charge in [0.25, 0.3) is 6.43 Å². The summed E-state index contributed by atoms with van der Waals surface area (Å²) in [4.78, 5) is 0. The number of fused-ring (bicyclic) bond motifs is 1. The van der Waals surface area contributed by atoms with E-state index >= 15 is 0 Å². The van der Waals surface area contributed by atoms with Crippen LogP contribution in [0.5, 0.6) is 0 Å². The van der Waals surface area contributed by atoms with E-state index in [9.17, 15) is 26.7 Å². The molecule has 0 amide bonds. The van der Waals surface area contributed by atoms with Crippen molar-refractivity contribution in [2.24, 2.45) is 0 Å². The Morgan fingerprint density at radius 3 is 2.35 bits per heavy atom. The maximum absolute atomic E-state index is 14.7. The third-order valence-corrected chi connectivity index (χ3v) is 7.40. The zero-order valence-electron chi connectivity index (χ0n) is 16.6. The van der Waals surface area contributed by atoms with Crippen molar-refractivity contribution < 1.29 is 26.7 Å². The highest BCUT2D eigenvalue weighted by Crippen LogP contribution is 2.38. The molecule has 2 aromatic carbocycles. The van der Waals surface area contributed by atoms with Crippen LogP contribution < -0.4 is 5.32 Å². The van der Waals surface area contributed by atoms with Crippen LogP contribution in [0.1, 0.15) is 24.7 Å². The molecule has 1 aliphatic heterocycles. The number of anilines is 1. The van der Waals surface area contributed by atoms with Crippen LogP contribution in [0.3, 0.4) is 0 Å². The van der Waals surface area contributed by atoms with Gasteiger partial charge in [-0.2, -0.15) is 0 Å². The molecule has 1 aliphatic rings. The second kappa shape index (κ2) is 8.55. The number of aliphatic hydroxyl groups excluding tert-OH is 1. The number of hydrogen-bond donors (Lipinski definition) is 2. The summed E-state index contributed by atoms with van der Waals surface area (Å²) in [5.41, 5.74) is 2.48. The molecule has 0 saturated carbocycles. The van der Waals surface area contributed by atoms with Crippen LogP contribution in [0.4, 0.5) is 18.9 Å². The Morgan fingerprint density at radius 2 is 1.74 bits per heavy atom. The Kier molecular flexibility index (Phi) is 5.98. The SMILES string of the molecule is O=S1(=O)CCC(Nc2cccc3c2cc(-c2ccc(CO)cc2)n3C(F)C(F)F)CC1. The van der Waals surface area contributed by atoms with E-state index < -0.39 is 22.6 Å². The molecule has 1 saturated heterocycles. The second-order valence-electron chi connectivity index (χ2n) is 7.77. The van der Waals surface area contributed by atoms with Crippen molar-refractivity contribution in [2.75, 3.05) is 16.8 Å². The standard InChI is InChI=1S/C22H23F3N2O3S/c23-21(24)22(25)27-19-3-1-2-18(26-16-8-10-31(29,30)11-9-16)17(19)12-20(27)15-6-4-14(13-28)5-7-15/h1-7,12,16,21-22,26,28H,8-11,13H2. The number of halogens is 3. The van der Waals surface area contributed by atoms with Crippen molar-refractivity contribution in [3.8, 4) is 11.3 Å². The van der Waals surface area contributed by atoms with Gasteiger partial charge in [-0.05, 0) is 42.2 Å². The summed E-state index contributed by atoms with van der Waals surface area (Å²) in [6.45, 7) is -0.156. The first kappa shape index (κ1) is 21.7. The fourth-order valence-electron chi connectivity index (χ4n) is 4.01. The molecule has 1 unspecified atom stereocenters. The minimum Gasteiger partial charge on any atom is -0.392 e. The molecule has 1 fully saturated rings. The summed E-state index contributed by atoms with van der Waals surface area (Å²) >= 11 is 0. The lowest BCUT2D eigenvalue weighted by molar-refractivity contribution is 0.0115. The van der Waals surface area contributed by atoms with E-state index in [1.807, 2.05) is 0 Å². The smallest absolute Gasteiger partial charge is 0.288 e. The third kappa shape index (κ3) is 4.43. The molecule has 0 spiro atoms. The molecule has 1 atom stereocenters. The van der Waals surface area contributed by atoms with Crippen LogP contribution in [0.15, 0.2) is 48.5 Å². The highest BCUT2D eigenvalue weighted by atomic mass is 32.2. The Hall–Kier alpha value is -2.52. The number of aromatic nitrogens is 1. The summed E-state index contributed by atoms with van der Waals surface area (Å²) < 4.78 is 65.8.